The molecule has 2 aromatic carbocycles. The molecule has 0 saturated heterocycles. The molecule has 0 bridgehead atoms. The molecule has 0 radical (unpaired) electrons. The lowest BCUT2D eigenvalue weighted by molar-refractivity contribution is 0.627. The SMILES string of the molecule is CN(Cc1ccc(F)cc1)c1ccccc1CNC1CC1. The Labute approximate surface area is 125 Å². The van der Waals surface area contributed by atoms with Gasteiger partial charge in [0, 0.05) is 31.9 Å². The number of nitrogens with one attached hydrogen (secondary N) is 1. The van der Waals surface area contributed by atoms with Crippen molar-refractivity contribution in [3.05, 3.63) is 65.5 Å². The van der Waals surface area contributed by atoms with Crippen LogP contribution < -0.4 is 10.2 Å². The zero-order valence-corrected chi connectivity index (χ0v) is 12.3. The maximum atomic E-state index is 13.0. The van der Waals surface area contributed by atoms with E-state index < -0.39 is 0 Å². The summed E-state index contributed by atoms with van der Waals surface area (Å²) in [6.45, 7) is 1.69. The summed E-state index contributed by atoms with van der Waals surface area (Å²) < 4.78 is 13.0. The number of benzene rings is 2. The number of para-hydroxylation sites is 1. The Balaban J connectivity index is 1.70. The first kappa shape index (κ1) is 14.1. The highest BCUT2D eigenvalue weighted by Crippen LogP contribution is 2.24. The quantitative estimate of drug-likeness (QED) is 0.870. The van der Waals surface area contributed by atoms with Crippen LogP contribution in [0.1, 0.15) is 24.0 Å². The molecule has 2 aromatic rings. The summed E-state index contributed by atoms with van der Waals surface area (Å²) in [7, 11) is 2.08. The highest BCUT2D eigenvalue weighted by molar-refractivity contribution is 5.53. The van der Waals surface area contributed by atoms with Crippen LogP contribution in [0.25, 0.3) is 0 Å². The molecule has 0 amide bonds. The van der Waals surface area contributed by atoms with E-state index in [4.69, 9.17) is 0 Å². The first-order chi connectivity index (χ1) is 10.2. The van der Waals surface area contributed by atoms with Crippen molar-refractivity contribution >= 4 is 5.69 Å². The molecule has 0 spiro atoms. The van der Waals surface area contributed by atoms with Crippen molar-refractivity contribution in [2.75, 3.05) is 11.9 Å². The third-order valence-electron chi connectivity index (χ3n) is 3.89. The van der Waals surface area contributed by atoms with Gasteiger partial charge >= 0.3 is 0 Å². The minimum Gasteiger partial charge on any atom is -0.370 e. The second kappa shape index (κ2) is 6.27. The molecule has 0 unspecified atom stereocenters. The van der Waals surface area contributed by atoms with Gasteiger partial charge < -0.3 is 10.2 Å². The normalized spacial score (nSPS) is 14.2. The summed E-state index contributed by atoms with van der Waals surface area (Å²) >= 11 is 0. The Kier molecular flexibility index (Phi) is 4.20. The average Bonchev–Trinajstić information content (AvgIpc) is 3.32. The summed E-state index contributed by atoms with van der Waals surface area (Å²) in [5.41, 5.74) is 3.66. The first-order valence-corrected chi connectivity index (χ1v) is 7.49. The zero-order valence-electron chi connectivity index (χ0n) is 12.3. The van der Waals surface area contributed by atoms with Crippen molar-refractivity contribution in [3.63, 3.8) is 0 Å². The highest BCUT2D eigenvalue weighted by Gasteiger charge is 2.20. The lowest BCUT2D eigenvalue weighted by Gasteiger charge is -2.23. The summed E-state index contributed by atoms with van der Waals surface area (Å²) in [5.74, 6) is -0.185. The maximum Gasteiger partial charge on any atom is 0.123 e. The van der Waals surface area contributed by atoms with E-state index in [1.54, 1.807) is 0 Å². The predicted molar refractivity (Wildman–Crippen MR) is 84.8 cm³/mol. The van der Waals surface area contributed by atoms with Crippen LogP contribution in [0, 0.1) is 5.82 Å². The molecule has 1 N–H and O–H groups in total. The van der Waals surface area contributed by atoms with Crippen LogP contribution in [-0.4, -0.2) is 13.1 Å². The molecule has 0 heterocycles. The van der Waals surface area contributed by atoms with Crippen molar-refractivity contribution in [1.82, 2.24) is 5.32 Å². The third kappa shape index (κ3) is 3.82. The Morgan fingerprint density at radius 3 is 2.52 bits per heavy atom. The van der Waals surface area contributed by atoms with Crippen molar-refractivity contribution in [1.29, 1.82) is 0 Å². The van der Waals surface area contributed by atoms with Gasteiger partial charge in [-0.05, 0) is 42.2 Å². The Hall–Kier alpha value is -1.87. The monoisotopic (exact) mass is 284 g/mol. The molecule has 0 atom stereocenters. The first-order valence-electron chi connectivity index (χ1n) is 7.49. The van der Waals surface area contributed by atoms with Crippen molar-refractivity contribution in [3.8, 4) is 0 Å². The lowest BCUT2D eigenvalue weighted by Crippen LogP contribution is -2.21. The van der Waals surface area contributed by atoms with E-state index >= 15 is 0 Å². The van der Waals surface area contributed by atoms with Gasteiger partial charge in [-0.2, -0.15) is 0 Å². The number of rotatable bonds is 6. The molecule has 0 aromatic heterocycles. The molecule has 1 saturated carbocycles. The van der Waals surface area contributed by atoms with E-state index in [9.17, 15) is 4.39 Å². The Morgan fingerprint density at radius 1 is 1.10 bits per heavy atom. The van der Waals surface area contributed by atoms with Crippen LogP contribution in [-0.2, 0) is 13.1 Å². The van der Waals surface area contributed by atoms with E-state index in [-0.39, 0.29) is 5.82 Å². The number of hydrogen-bond acceptors (Lipinski definition) is 2. The molecule has 3 rings (SSSR count). The Morgan fingerprint density at radius 2 is 1.81 bits per heavy atom. The van der Waals surface area contributed by atoms with Gasteiger partial charge in [-0.3, -0.25) is 0 Å². The second-order valence-corrected chi connectivity index (χ2v) is 5.77. The third-order valence-corrected chi connectivity index (χ3v) is 3.89. The van der Waals surface area contributed by atoms with Gasteiger partial charge in [-0.1, -0.05) is 30.3 Å². The minimum atomic E-state index is -0.185. The summed E-state index contributed by atoms with van der Waals surface area (Å²) in [6, 6.07) is 15.9. The fraction of sp³-hybridized carbons (Fsp3) is 0.333. The van der Waals surface area contributed by atoms with Gasteiger partial charge in [0.2, 0.25) is 0 Å². The number of nitrogens with zero attached hydrogens (tertiary/aromatic N) is 1. The van der Waals surface area contributed by atoms with Gasteiger partial charge in [0.15, 0.2) is 0 Å². The van der Waals surface area contributed by atoms with Crippen molar-refractivity contribution in [2.45, 2.75) is 32.0 Å². The molecule has 110 valence electrons. The molecular formula is C18H21FN2. The lowest BCUT2D eigenvalue weighted by atomic mass is 10.1. The summed E-state index contributed by atoms with van der Waals surface area (Å²) in [5, 5.41) is 3.56. The fourth-order valence-electron chi connectivity index (χ4n) is 2.52. The highest BCUT2D eigenvalue weighted by atomic mass is 19.1. The topological polar surface area (TPSA) is 15.3 Å². The zero-order chi connectivity index (χ0) is 14.7. The smallest absolute Gasteiger partial charge is 0.123 e. The second-order valence-electron chi connectivity index (χ2n) is 5.77. The predicted octanol–water partition coefficient (Wildman–Crippen LogP) is 3.71. The van der Waals surface area contributed by atoms with Gasteiger partial charge in [0.05, 0.1) is 0 Å². The van der Waals surface area contributed by atoms with Crippen molar-refractivity contribution in [2.24, 2.45) is 0 Å². The number of anilines is 1. The van der Waals surface area contributed by atoms with Gasteiger partial charge in [0.25, 0.3) is 0 Å². The maximum absolute atomic E-state index is 13.0. The minimum absolute atomic E-state index is 0.185. The molecule has 2 nitrogen and oxygen atoms in total. The van der Waals surface area contributed by atoms with E-state index in [0.717, 1.165) is 18.7 Å². The van der Waals surface area contributed by atoms with E-state index in [0.29, 0.717) is 6.04 Å². The standard InChI is InChI=1S/C18H21FN2/c1-21(13-14-6-8-16(19)9-7-14)18-5-3-2-4-15(18)12-20-17-10-11-17/h2-9,17,20H,10-13H2,1H3. The van der Waals surface area contributed by atoms with Crippen LogP contribution in [0.3, 0.4) is 0 Å². The Bertz CT molecular complexity index is 590. The van der Waals surface area contributed by atoms with Crippen LogP contribution >= 0.6 is 0 Å². The molecule has 1 aliphatic rings. The van der Waals surface area contributed by atoms with Crippen LogP contribution in [0.4, 0.5) is 10.1 Å². The summed E-state index contributed by atoms with van der Waals surface area (Å²) in [4.78, 5) is 2.22. The molecule has 1 aliphatic carbocycles. The van der Waals surface area contributed by atoms with Crippen LogP contribution in [0.2, 0.25) is 0 Å². The molecule has 1 fully saturated rings. The average molecular weight is 284 g/mol. The van der Waals surface area contributed by atoms with E-state index in [1.807, 2.05) is 12.1 Å². The van der Waals surface area contributed by atoms with Crippen LogP contribution in [0.15, 0.2) is 48.5 Å². The molecule has 3 heteroatoms. The van der Waals surface area contributed by atoms with Gasteiger partial charge in [-0.25, -0.2) is 4.39 Å². The summed E-state index contributed by atoms with van der Waals surface area (Å²) in [6.07, 6.45) is 2.60. The van der Waals surface area contributed by atoms with Crippen molar-refractivity contribution < 1.29 is 4.39 Å². The number of hydrogen-bond donors (Lipinski definition) is 1. The largest absolute Gasteiger partial charge is 0.370 e. The van der Waals surface area contributed by atoms with Crippen LogP contribution in [0.5, 0.6) is 0 Å². The van der Waals surface area contributed by atoms with Gasteiger partial charge in [0.1, 0.15) is 5.82 Å². The fourth-order valence-corrected chi connectivity index (χ4v) is 2.52. The van der Waals surface area contributed by atoms with E-state index in [1.165, 1.54) is 36.2 Å². The number of halogens is 1. The molecular weight excluding hydrogens is 263 g/mol. The van der Waals surface area contributed by atoms with E-state index in [2.05, 4.69) is 41.5 Å². The molecule has 0 aliphatic heterocycles. The van der Waals surface area contributed by atoms with Gasteiger partial charge in [-0.15, -0.1) is 0 Å². The molecule has 21 heavy (non-hydrogen) atoms.